The van der Waals surface area contributed by atoms with Crippen molar-refractivity contribution in [1.82, 2.24) is 20.3 Å². The summed E-state index contributed by atoms with van der Waals surface area (Å²) in [6.07, 6.45) is 3.45. The summed E-state index contributed by atoms with van der Waals surface area (Å²) in [5.41, 5.74) is 3.75. The average molecular weight is 450 g/mol. The summed E-state index contributed by atoms with van der Waals surface area (Å²) in [5, 5.41) is 9.49. The second-order valence-electron chi connectivity index (χ2n) is 6.77. The normalized spacial score (nSPS) is 10.9. The van der Waals surface area contributed by atoms with E-state index in [1.807, 2.05) is 32.0 Å². The van der Waals surface area contributed by atoms with Crippen molar-refractivity contribution in [3.63, 3.8) is 0 Å². The van der Waals surface area contributed by atoms with Gasteiger partial charge in [-0.05, 0) is 68.0 Å². The number of rotatable bonds is 5. The van der Waals surface area contributed by atoms with Crippen molar-refractivity contribution in [3.8, 4) is 0 Å². The van der Waals surface area contributed by atoms with Crippen LogP contribution in [0.2, 0.25) is 0 Å². The lowest BCUT2D eigenvalue weighted by Crippen LogP contribution is -2.39. The van der Waals surface area contributed by atoms with Crippen LogP contribution in [0.25, 0.3) is 0 Å². The van der Waals surface area contributed by atoms with Crippen LogP contribution in [0.4, 0.5) is 11.6 Å². The first kappa shape index (κ1) is 22.8. The van der Waals surface area contributed by atoms with Gasteiger partial charge < -0.3 is 15.4 Å². The van der Waals surface area contributed by atoms with Gasteiger partial charge in [0.1, 0.15) is 0 Å². The highest BCUT2D eigenvalue weighted by Crippen LogP contribution is 2.10. The van der Waals surface area contributed by atoms with Gasteiger partial charge in [-0.25, -0.2) is 19.8 Å². The number of aryl methyl sites for hydroxylation is 2. The molecule has 9 nitrogen and oxygen atoms in total. The maximum atomic E-state index is 11.6. The molecule has 0 bridgehead atoms. The lowest BCUT2D eigenvalue weighted by molar-refractivity contribution is 0.0601. The van der Waals surface area contributed by atoms with Crippen molar-refractivity contribution in [1.29, 1.82) is 0 Å². The Morgan fingerprint density at radius 2 is 1.81 bits per heavy atom. The number of nitrogens with one attached hydrogen (secondary N) is 3. The topological polar surface area (TPSA) is 113 Å². The number of anilines is 2. The summed E-state index contributed by atoms with van der Waals surface area (Å²) in [5.74, 6) is 0.382. The molecule has 0 aliphatic heterocycles. The molecule has 0 aliphatic carbocycles. The van der Waals surface area contributed by atoms with Crippen molar-refractivity contribution in [2.45, 2.75) is 20.4 Å². The number of carbonyl (C=O) groups is 1. The van der Waals surface area contributed by atoms with E-state index in [1.54, 1.807) is 36.7 Å². The highest BCUT2D eigenvalue weighted by atomic mass is 32.1. The molecule has 0 radical (unpaired) electrons. The van der Waals surface area contributed by atoms with Crippen LogP contribution in [-0.4, -0.2) is 39.1 Å². The van der Waals surface area contributed by atoms with Gasteiger partial charge in [0, 0.05) is 29.5 Å². The van der Waals surface area contributed by atoms with Crippen LogP contribution in [-0.2, 0) is 11.3 Å². The van der Waals surface area contributed by atoms with Crippen LogP contribution in [0.5, 0.6) is 0 Å². The van der Waals surface area contributed by atoms with Crippen LogP contribution in [0.1, 0.15) is 27.3 Å². The van der Waals surface area contributed by atoms with Crippen LogP contribution in [0.3, 0.4) is 0 Å². The molecule has 0 fully saturated rings. The van der Waals surface area contributed by atoms with E-state index >= 15 is 0 Å². The van der Waals surface area contributed by atoms with Gasteiger partial charge in [-0.1, -0.05) is 6.07 Å². The minimum absolute atomic E-state index is 0.303. The molecule has 0 amide bonds. The number of nitrogens with zero attached hydrogens (tertiary/aromatic N) is 4. The Morgan fingerprint density at radius 3 is 2.44 bits per heavy atom. The molecule has 0 saturated carbocycles. The highest BCUT2D eigenvalue weighted by Gasteiger charge is 2.09. The summed E-state index contributed by atoms with van der Waals surface area (Å²) in [4.78, 5) is 29.0. The van der Waals surface area contributed by atoms with Gasteiger partial charge in [0.2, 0.25) is 11.9 Å². The molecule has 0 aliphatic rings. The van der Waals surface area contributed by atoms with Crippen molar-refractivity contribution >= 4 is 40.9 Å². The Balaban J connectivity index is 1.73. The Hall–Kier alpha value is -3.92. The van der Waals surface area contributed by atoms with Gasteiger partial charge in [-0.3, -0.25) is 10.3 Å². The standard InChI is InChI=1S/C22H23N7O2S/c1-14-11-15(2)26-21(25-14)28-20(24-13-16-5-4-10-23-12-16)29-22(32)27-18-8-6-17(7-9-18)19(30)31-3/h4-12H,13H2,1-3H3,(H3,24,25,26,27,28,29,32). The van der Waals surface area contributed by atoms with E-state index < -0.39 is 5.97 Å². The first-order valence-electron chi connectivity index (χ1n) is 9.72. The number of hydrogen-bond donors (Lipinski definition) is 3. The van der Waals surface area contributed by atoms with Crippen LogP contribution in [0, 0.1) is 13.8 Å². The molecule has 0 spiro atoms. The maximum Gasteiger partial charge on any atom is 0.337 e. The van der Waals surface area contributed by atoms with E-state index in [9.17, 15) is 4.79 Å². The number of methoxy groups -OCH3 is 1. The molecule has 1 aromatic carbocycles. The molecule has 0 unspecified atom stereocenters. The molecule has 2 aromatic heterocycles. The Kier molecular flexibility index (Phi) is 7.76. The fourth-order valence-corrected chi connectivity index (χ4v) is 2.95. The third-order valence-corrected chi connectivity index (χ3v) is 4.35. The molecule has 3 rings (SSSR count). The number of aliphatic imine (C=N–C) groups is 1. The van der Waals surface area contributed by atoms with E-state index in [0.717, 1.165) is 17.0 Å². The quantitative estimate of drug-likeness (QED) is 0.234. The van der Waals surface area contributed by atoms with Crippen molar-refractivity contribution in [3.05, 3.63) is 77.4 Å². The zero-order chi connectivity index (χ0) is 22.9. The number of esters is 1. The largest absolute Gasteiger partial charge is 0.465 e. The summed E-state index contributed by atoms with van der Waals surface area (Å²) in [6, 6.07) is 12.4. The van der Waals surface area contributed by atoms with E-state index in [1.165, 1.54) is 7.11 Å². The predicted octanol–water partition coefficient (Wildman–Crippen LogP) is 3.23. The Morgan fingerprint density at radius 1 is 1.09 bits per heavy atom. The molecule has 3 aromatic rings. The summed E-state index contributed by atoms with van der Waals surface area (Å²) >= 11 is 5.43. The first-order valence-corrected chi connectivity index (χ1v) is 10.1. The number of hydrogen-bond acceptors (Lipinski definition) is 7. The minimum atomic E-state index is -0.403. The fraction of sp³-hybridized carbons (Fsp3) is 0.182. The van der Waals surface area contributed by atoms with Crippen LogP contribution >= 0.6 is 12.2 Å². The van der Waals surface area contributed by atoms with Gasteiger partial charge in [0.25, 0.3) is 0 Å². The minimum Gasteiger partial charge on any atom is -0.465 e. The third-order valence-electron chi connectivity index (χ3n) is 4.15. The number of ether oxygens (including phenoxy) is 1. The van der Waals surface area contributed by atoms with E-state index in [2.05, 4.69) is 35.9 Å². The molecule has 164 valence electrons. The van der Waals surface area contributed by atoms with Crippen LogP contribution in [0.15, 0.2) is 59.9 Å². The smallest absolute Gasteiger partial charge is 0.337 e. The van der Waals surface area contributed by atoms with Gasteiger partial charge >= 0.3 is 5.97 Å². The van der Waals surface area contributed by atoms with Gasteiger partial charge in [-0.2, -0.15) is 0 Å². The SMILES string of the molecule is COC(=O)c1ccc(NC(=S)NC(=NCc2cccnc2)Nc2nc(C)cc(C)n2)cc1. The third kappa shape index (κ3) is 6.81. The fourth-order valence-electron chi connectivity index (χ4n) is 2.74. The van der Waals surface area contributed by atoms with E-state index in [0.29, 0.717) is 34.8 Å². The molecule has 10 heteroatoms. The summed E-state index contributed by atoms with van der Waals surface area (Å²) in [7, 11) is 1.34. The second kappa shape index (κ2) is 10.9. The number of aromatic nitrogens is 3. The average Bonchev–Trinajstić information content (AvgIpc) is 2.77. The first-order chi connectivity index (χ1) is 15.4. The molecule has 2 heterocycles. The highest BCUT2D eigenvalue weighted by molar-refractivity contribution is 7.80. The van der Waals surface area contributed by atoms with Crippen molar-refractivity contribution in [2.24, 2.45) is 4.99 Å². The van der Waals surface area contributed by atoms with Gasteiger partial charge in [-0.15, -0.1) is 0 Å². The molecule has 0 atom stereocenters. The molecule has 0 saturated heterocycles. The Bertz CT molecular complexity index is 1100. The molecular formula is C22H23N7O2S. The lowest BCUT2D eigenvalue weighted by atomic mass is 10.2. The second-order valence-corrected chi connectivity index (χ2v) is 7.18. The molecule has 32 heavy (non-hydrogen) atoms. The summed E-state index contributed by atoms with van der Waals surface area (Å²) < 4.78 is 4.71. The van der Waals surface area contributed by atoms with Gasteiger partial charge in [0.05, 0.1) is 19.2 Å². The van der Waals surface area contributed by atoms with Crippen LogP contribution < -0.4 is 16.0 Å². The van der Waals surface area contributed by atoms with Crippen molar-refractivity contribution < 1.29 is 9.53 Å². The zero-order valence-corrected chi connectivity index (χ0v) is 18.7. The summed E-state index contributed by atoms with van der Waals surface area (Å²) in [6.45, 7) is 4.16. The number of thiocarbonyl (C=S) groups is 1. The zero-order valence-electron chi connectivity index (χ0n) is 17.9. The van der Waals surface area contributed by atoms with Gasteiger partial charge in [0.15, 0.2) is 5.11 Å². The lowest BCUT2D eigenvalue weighted by Gasteiger charge is -2.14. The molecule has 3 N–H and O–H groups in total. The Labute approximate surface area is 191 Å². The number of guanidine groups is 1. The predicted molar refractivity (Wildman–Crippen MR) is 128 cm³/mol. The molecular weight excluding hydrogens is 426 g/mol. The number of benzene rings is 1. The van der Waals surface area contributed by atoms with E-state index in [4.69, 9.17) is 17.0 Å². The number of pyridine rings is 1. The van der Waals surface area contributed by atoms with Crippen molar-refractivity contribution in [2.75, 3.05) is 17.7 Å². The van der Waals surface area contributed by atoms with E-state index in [-0.39, 0.29) is 0 Å². The maximum absolute atomic E-state index is 11.6. The number of carbonyl (C=O) groups excluding carboxylic acids is 1. The monoisotopic (exact) mass is 449 g/mol.